The third-order valence-electron chi connectivity index (χ3n) is 5.11. The third kappa shape index (κ3) is 4.35. The minimum Gasteiger partial charge on any atom is -0.486 e. The van der Waals surface area contributed by atoms with Crippen LogP contribution in [0.1, 0.15) is 19.4 Å². The van der Waals surface area contributed by atoms with Gasteiger partial charge >= 0.3 is 0 Å². The molecule has 3 aromatic rings. The van der Waals surface area contributed by atoms with Crippen molar-refractivity contribution in [2.24, 2.45) is 4.99 Å². The zero-order chi connectivity index (χ0) is 22.9. The fourth-order valence-corrected chi connectivity index (χ4v) is 5.51. The molecule has 0 unspecified atom stereocenters. The molecule has 0 spiro atoms. The van der Waals surface area contributed by atoms with Crippen LogP contribution in [0.15, 0.2) is 58.9 Å². The van der Waals surface area contributed by atoms with E-state index in [1.165, 1.54) is 11.3 Å². The van der Waals surface area contributed by atoms with Crippen LogP contribution in [0.25, 0.3) is 10.2 Å². The average Bonchev–Trinajstić information content (AvgIpc) is 3.08. The highest BCUT2D eigenvalue weighted by molar-refractivity contribution is 7.92. The van der Waals surface area contributed by atoms with Crippen molar-refractivity contribution in [3.8, 4) is 11.5 Å². The van der Waals surface area contributed by atoms with Crippen LogP contribution in [0, 0.1) is 0 Å². The molecular formula is C23H24N2O5S2. The highest BCUT2D eigenvalue weighted by Crippen LogP contribution is 2.35. The second kappa shape index (κ2) is 8.91. The Kier molecular flexibility index (Phi) is 6.21. The Balaban J connectivity index is 1.64. The third-order valence-corrected chi connectivity index (χ3v) is 8.32. The Labute approximate surface area is 190 Å². The van der Waals surface area contributed by atoms with E-state index in [0.29, 0.717) is 41.6 Å². The summed E-state index contributed by atoms with van der Waals surface area (Å²) in [5.74, 6) is 1.05. The van der Waals surface area contributed by atoms with Gasteiger partial charge in [0.15, 0.2) is 26.1 Å². The SMILES string of the molecule is C=CCn1c(=NC(=O)Cc2ccc(S(=O)(=O)C(C)C)cc2)sc2cc3c(cc21)OCCO3. The summed E-state index contributed by atoms with van der Waals surface area (Å²) < 4.78 is 38.7. The Hall–Kier alpha value is -2.91. The van der Waals surface area contributed by atoms with Gasteiger partial charge in [-0.25, -0.2) is 8.42 Å². The van der Waals surface area contributed by atoms with Crippen LogP contribution in [0.3, 0.4) is 0 Å². The lowest BCUT2D eigenvalue weighted by atomic mass is 10.1. The summed E-state index contributed by atoms with van der Waals surface area (Å²) in [7, 11) is -3.34. The topological polar surface area (TPSA) is 87.0 Å². The Morgan fingerprint density at radius 1 is 1.19 bits per heavy atom. The largest absolute Gasteiger partial charge is 0.486 e. The number of fused-ring (bicyclic) bond motifs is 2. The molecule has 2 aromatic carbocycles. The summed E-state index contributed by atoms with van der Waals surface area (Å²) in [6, 6.07) is 10.2. The van der Waals surface area contributed by atoms with Crippen molar-refractivity contribution in [1.82, 2.24) is 4.57 Å². The van der Waals surface area contributed by atoms with Gasteiger partial charge in [-0.2, -0.15) is 4.99 Å². The normalized spacial score (nSPS) is 14.2. The van der Waals surface area contributed by atoms with Crippen LogP contribution in [0.2, 0.25) is 0 Å². The number of hydrogen-bond acceptors (Lipinski definition) is 6. The molecule has 0 N–H and O–H groups in total. The standard InChI is InChI=1S/C23H24N2O5S2/c1-4-9-25-18-13-19-20(30-11-10-29-19)14-21(18)31-23(25)24-22(26)12-16-5-7-17(8-6-16)32(27,28)15(2)3/h4-8,13-15H,1,9-12H2,2-3H3. The number of benzene rings is 2. The van der Waals surface area contributed by atoms with E-state index in [2.05, 4.69) is 11.6 Å². The number of aromatic nitrogens is 1. The lowest BCUT2D eigenvalue weighted by Gasteiger charge is -2.18. The molecular weight excluding hydrogens is 448 g/mol. The van der Waals surface area contributed by atoms with E-state index >= 15 is 0 Å². The number of ether oxygens (including phenoxy) is 2. The molecule has 168 valence electrons. The maximum Gasteiger partial charge on any atom is 0.252 e. The summed E-state index contributed by atoms with van der Waals surface area (Å²) in [6.45, 7) is 8.59. The van der Waals surface area contributed by atoms with Crippen molar-refractivity contribution >= 4 is 37.3 Å². The van der Waals surface area contributed by atoms with Gasteiger partial charge in [0.25, 0.3) is 5.91 Å². The molecule has 32 heavy (non-hydrogen) atoms. The summed E-state index contributed by atoms with van der Waals surface area (Å²) in [6.07, 6.45) is 1.83. The van der Waals surface area contributed by atoms with Gasteiger partial charge in [0.05, 0.1) is 26.8 Å². The molecule has 7 nitrogen and oxygen atoms in total. The predicted molar refractivity (Wildman–Crippen MR) is 124 cm³/mol. The quantitative estimate of drug-likeness (QED) is 0.513. The first-order chi connectivity index (χ1) is 15.3. The van der Waals surface area contributed by atoms with Crippen molar-refractivity contribution in [2.75, 3.05) is 13.2 Å². The maximum atomic E-state index is 12.7. The van der Waals surface area contributed by atoms with E-state index in [0.717, 1.165) is 10.2 Å². The second-order valence-electron chi connectivity index (χ2n) is 7.67. The minimum atomic E-state index is -3.34. The fourth-order valence-electron chi connectivity index (χ4n) is 3.39. The summed E-state index contributed by atoms with van der Waals surface area (Å²) in [4.78, 5) is 17.8. The molecule has 0 bridgehead atoms. The van der Waals surface area contributed by atoms with Crippen LogP contribution >= 0.6 is 11.3 Å². The van der Waals surface area contributed by atoms with Gasteiger partial charge in [-0.15, -0.1) is 6.58 Å². The van der Waals surface area contributed by atoms with Crippen LogP contribution in [-0.4, -0.2) is 37.4 Å². The van der Waals surface area contributed by atoms with Crippen LogP contribution < -0.4 is 14.3 Å². The summed E-state index contributed by atoms with van der Waals surface area (Å²) in [5.41, 5.74) is 1.60. The second-order valence-corrected chi connectivity index (χ2v) is 11.2. The molecule has 0 fully saturated rings. The first-order valence-electron chi connectivity index (χ1n) is 10.2. The van der Waals surface area contributed by atoms with Crippen LogP contribution in [-0.2, 0) is 27.6 Å². The van der Waals surface area contributed by atoms with Crippen molar-refractivity contribution in [2.45, 2.75) is 37.0 Å². The van der Waals surface area contributed by atoms with Gasteiger partial charge in [-0.05, 0) is 31.5 Å². The number of rotatable bonds is 6. The van der Waals surface area contributed by atoms with Gasteiger partial charge in [-0.3, -0.25) is 4.79 Å². The molecule has 0 saturated carbocycles. The number of thiazole rings is 1. The number of carbonyl (C=O) groups is 1. The van der Waals surface area contributed by atoms with Gasteiger partial charge in [0.1, 0.15) is 13.2 Å². The highest BCUT2D eigenvalue weighted by Gasteiger charge is 2.19. The Bertz CT molecular complexity index is 1350. The number of carbonyl (C=O) groups excluding carboxylic acids is 1. The predicted octanol–water partition coefficient (Wildman–Crippen LogP) is 3.51. The fraction of sp³-hybridized carbons (Fsp3) is 0.304. The lowest BCUT2D eigenvalue weighted by molar-refractivity contribution is -0.117. The van der Waals surface area contributed by atoms with E-state index in [9.17, 15) is 13.2 Å². The molecule has 1 amide bonds. The lowest BCUT2D eigenvalue weighted by Crippen LogP contribution is -2.17. The number of nitrogens with zero attached hydrogens (tertiary/aromatic N) is 2. The zero-order valence-electron chi connectivity index (χ0n) is 17.9. The summed E-state index contributed by atoms with van der Waals surface area (Å²) in [5, 5.41) is -0.500. The van der Waals surface area contributed by atoms with Crippen molar-refractivity contribution in [1.29, 1.82) is 0 Å². The first kappa shape index (κ1) is 22.3. The molecule has 2 heterocycles. The van der Waals surface area contributed by atoms with E-state index in [-0.39, 0.29) is 17.2 Å². The smallest absolute Gasteiger partial charge is 0.252 e. The average molecular weight is 473 g/mol. The van der Waals surface area contributed by atoms with Gasteiger partial charge in [-0.1, -0.05) is 29.5 Å². The van der Waals surface area contributed by atoms with Crippen molar-refractivity contribution in [3.05, 3.63) is 59.4 Å². The van der Waals surface area contributed by atoms with Crippen molar-refractivity contribution in [3.63, 3.8) is 0 Å². The molecule has 1 aliphatic heterocycles. The van der Waals surface area contributed by atoms with Gasteiger partial charge in [0, 0.05) is 18.7 Å². The van der Waals surface area contributed by atoms with Crippen molar-refractivity contribution < 1.29 is 22.7 Å². The molecule has 4 rings (SSSR count). The highest BCUT2D eigenvalue weighted by atomic mass is 32.2. The van der Waals surface area contributed by atoms with Crippen LogP contribution in [0.5, 0.6) is 11.5 Å². The van der Waals surface area contributed by atoms with E-state index in [1.54, 1.807) is 44.2 Å². The molecule has 0 saturated heterocycles. The van der Waals surface area contributed by atoms with E-state index in [4.69, 9.17) is 9.47 Å². The van der Waals surface area contributed by atoms with E-state index < -0.39 is 15.1 Å². The zero-order valence-corrected chi connectivity index (χ0v) is 19.5. The first-order valence-corrected chi connectivity index (χ1v) is 12.6. The summed E-state index contributed by atoms with van der Waals surface area (Å²) >= 11 is 1.40. The number of allylic oxidation sites excluding steroid dienone is 1. The van der Waals surface area contributed by atoms with Gasteiger partial charge in [0.2, 0.25) is 0 Å². The van der Waals surface area contributed by atoms with Crippen LogP contribution in [0.4, 0.5) is 0 Å². The monoisotopic (exact) mass is 472 g/mol. The molecule has 0 aliphatic carbocycles. The number of amides is 1. The Morgan fingerprint density at radius 2 is 1.84 bits per heavy atom. The van der Waals surface area contributed by atoms with E-state index in [1.807, 2.05) is 16.7 Å². The maximum absolute atomic E-state index is 12.7. The number of sulfone groups is 1. The minimum absolute atomic E-state index is 0.0765. The molecule has 0 atom stereocenters. The molecule has 1 aliphatic rings. The Morgan fingerprint density at radius 3 is 2.47 bits per heavy atom. The molecule has 1 aromatic heterocycles. The molecule has 9 heteroatoms. The van der Waals surface area contributed by atoms with Gasteiger partial charge < -0.3 is 14.0 Å². The number of hydrogen-bond donors (Lipinski definition) is 0. The molecule has 0 radical (unpaired) electrons.